The first-order chi connectivity index (χ1) is 5.83. The standard InChI is InChI=1S/C8H9ClN2O/c1-12-6-4-11-8(9)7-5(6)2-3-10-7/h4,10H,2-3H2,1H3. The van der Waals surface area contributed by atoms with Crippen LogP contribution in [0.1, 0.15) is 5.56 Å². The van der Waals surface area contributed by atoms with Gasteiger partial charge in [-0.05, 0) is 6.42 Å². The second kappa shape index (κ2) is 2.83. The Hall–Kier alpha value is -0.960. The number of hydrogen-bond acceptors (Lipinski definition) is 3. The van der Waals surface area contributed by atoms with Crippen LogP contribution in [0.15, 0.2) is 6.20 Å². The summed E-state index contributed by atoms with van der Waals surface area (Å²) in [6.07, 6.45) is 2.62. The molecule has 0 fully saturated rings. The van der Waals surface area contributed by atoms with Crippen molar-refractivity contribution in [2.45, 2.75) is 6.42 Å². The van der Waals surface area contributed by atoms with Crippen LogP contribution in [0.3, 0.4) is 0 Å². The third-order valence-corrected chi connectivity index (χ3v) is 2.28. The lowest BCUT2D eigenvalue weighted by Gasteiger charge is -2.06. The molecule has 2 heterocycles. The highest BCUT2D eigenvalue weighted by Crippen LogP contribution is 2.34. The molecule has 1 aliphatic rings. The van der Waals surface area contributed by atoms with Crippen molar-refractivity contribution >= 4 is 17.3 Å². The molecule has 0 atom stereocenters. The Labute approximate surface area is 75.7 Å². The summed E-state index contributed by atoms with van der Waals surface area (Å²) in [6.45, 7) is 0.914. The van der Waals surface area contributed by atoms with Gasteiger partial charge in [0.2, 0.25) is 0 Å². The third kappa shape index (κ3) is 1.01. The quantitative estimate of drug-likeness (QED) is 0.675. The molecule has 12 heavy (non-hydrogen) atoms. The summed E-state index contributed by atoms with van der Waals surface area (Å²) in [7, 11) is 1.64. The number of hydrogen-bond donors (Lipinski definition) is 1. The second-order valence-electron chi connectivity index (χ2n) is 2.65. The number of nitrogens with one attached hydrogen (secondary N) is 1. The number of rotatable bonds is 1. The minimum Gasteiger partial charge on any atom is -0.495 e. The van der Waals surface area contributed by atoms with E-state index in [0.717, 1.165) is 30.0 Å². The lowest BCUT2D eigenvalue weighted by molar-refractivity contribution is 0.409. The number of aromatic nitrogens is 1. The van der Waals surface area contributed by atoms with E-state index in [2.05, 4.69) is 10.3 Å². The molecule has 0 aromatic carbocycles. The van der Waals surface area contributed by atoms with Gasteiger partial charge in [-0.25, -0.2) is 4.98 Å². The normalized spacial score (nSPS) is 13.8. The van der Waals surface area contributed by atoms with Crippen molar-refractivity contribution in [3.05, 3.63) is 16.9 Å². The number of anilines is 1. The van der Waals surface area contributed by atoms with Gasteiger partial charge in [-0.15, -0.1) is 0 Å². The molecule has 0 unspecified atom stereocenters. The fourth-order valence-electron chi connectivity index (χ4n) is 1.42. The minimum atomic E-state index is 0.531. The zero-order valence-electron chi connectivity index (χ0n) is 6.72. The first-order valence-corrected chi connectivity index (χ1v) is 4.16. The molecule has 1 aromatic heterocycles. The second-order valence-corrected chi connectivity index (χ2v) is 3.01. The highest BCUT2D eigenvalue weighted by molar-refractivity contribution is 6.32. The Morgan fingerprint density at radius 1 is 1.67 bits per heavy atom. The number of ether oxygens (including phenoxy) is 1. The van der Waals surface area contributed by atoms with E-state index in [4.69, 9.17) is 16.3 Å². The van der Waals surface area contributed by atoms with Gasteiger partial charge in [-0.1, -0.05) is 11.6 Å². The van der Waals surface area contributed by atoms with E-state index in [-0.39, 0.29) is 0 Å². The monoisotopic (exact) mass is 184 g/mol. The molecule has 0 spiro atoms. The Bertz CT molecular complexity index is 314. The Kier molecular flexibility index (Phi) is 1.81. The fraction of sp³-hybridized carbons (Fsp3) is 0.375. The molecule has 0 aliphatic carbocycles. The van der Waals surface area contributed by atoms with Gasteiger partial charge in [0.05, 0.1) is 19.0 Å². The van der Waals surface area contributed by atoms with Crippen LogP contribution >= 0.6 is 11.6 Å². The third-order valence-electron chi connectivity index (χ3n) is 2.00. The van der Waals surface area contributed by atoms with Crippen molar-refractivity contribution in [1.82, 2.24) is 4.98 Å². The molecule has 1 N–H and O–H groups in total. The molecule has 0 saturated carbocycles. The lowest BCUT2D eigenvalue weighted by atomic mass is 10.2. The van der Waals surface area contributed by atoms with Crippen LogP contribution in [0, 0.1) is 0 Å². The number of fused-ring (bicyclic) bond motifs is 1. The van der Waals surface area contributed by atoms with Gasteiger partial charge < -0.3 is 10.1 Å². The van der Waals surface area contributed by atoms with E-state index in [1.807, 2.05) is 0 Å². The van der Waals surface area contributed by atoms with Crippen LogP contribution < -0.4 is 10.1 Å². The van der Waals surface area contributed by atoms with E-state index in [1.165, 1.54) is 0 Å². The predicted octanol–water partition coefficient (Wildman–Crippen LogP) is 1.71. The number of nitrogens with zero attached hydrogens (tertiary/aromatic N) is 1. The van der Waals surface area contributed by atoms with Gasteiger partial charge in [0.25, 0.3) is 0 Å². The van der Waals surface area contributed by atoms with E-state index >= 15 is 0 Å². The van der Waals surface area contributed by atoms with Gasteiger partial charge in [0, 0.05) is 12.1 Å². The molecule has 0 radical (unpaired) electrons. The van der Waals surface area contributed by atoms with Crippen LogP contribution in [0.25, 0.3) is 0 Å². The van der Waals surface area contributed by atoms with Crippen LogP contribution in [-0.2, 0) is 6.42 Å². The topological polar surface area (TPSA) is 34.1 Å². The summed E-state index contributed by atoms with van der Waals surface area (Å²) in [5.41, 5.74) is 2.06. The van der Waals surface area contributed by atoms with Crippen molar-refractivity contribution in [2.24, 2.45) is 0 Å². The molecule has 1 aliphatic heterocycles. The maximum absolute atomic E-state index is 5.87. The molecule has 64 valence electrons. The van der Waals surface area contributed by atoms with E-state index in [0.29, 0.717) is 5.15 Å². The molecule has 4 heteroatoms. The minimum absolute atomic E-state index is 0.531. The SMILES string of the molecule is COc1cnc(Cl)c2c1CCN2. The largest absolute Gasteiger partial charge is 0.495 e. The van der Waals surface area contributed by atoms with E-state index in [1.54, 1.807) is 13.3 Å². The smallest absolute Gasteiger partial charge is 0.152 e. The number of methoxy groups -OCH3 is 1. The highest BCUT2D eigenvalue weighted by Gasteiger charge is 2.18. The maximum atomic E-state index is 5.87. The lowest BCUT2D eigenvalue weighted by Crippen LogP contribution is -1.92. The summed E-state index contributed by atoms with van der Waals surface area (Å²) in [5, 5.41) is 3.70. The van der Waals surface area contributed by atoms with Crippen molar-refractivity contribution in [1.29, 1.82) is 0 Å². The molecular formula is C8H9ClN2O. The Morgan fingerprint density at radius 2 is 2.50 bits per heavy atom. The van der Waals surface area contributed by atoms with E-state index < -0.39 is 0 Å². The van der Waals surface area contributed by atoms with Gasteiger partial charge >= 0.3 is 0 Å². The Balaban J connectivity index is 2.57. The van der Waals surface area contributed by atoms with Gasteiger partial charge in [0.15, 0.2) is 5.15 Å². The van der Waals surface area contributed by atoms with Gasteiger partial charge in [-0.2, -0.15) is 0 Å². The van der Waals surface area contributed by atoms with Crippen molar-refractivity contribution < 1.29 is 4.74 Å². The van der Waals surface area contributed by atoms with Crippen LogP contribution in [-0.4, -0.2) is 18.6 Å². The Morgan fingerprint density at radius 3 is 3.25 bits per heavy atom. The van der Waals surface area contributed by atoms with Crippen molar-refractivity contribution in [3.8, 4) is 5.75 Å². The van der Waals surface area contributed by atoms with Crippen molar-refractivity contribution in [2.75, 3.05) is 19.0 Å². The zero-order valence-corrected chi connectivity index (χ0v) is 7.48. The molecule has 2 rings (SSSR count). The molecule has 0 amide bonds. The molecule has 3 nitrogen and oxygen atoms in total. The molecule has 0 bridgehead atoms. The van der Waals surface area contributed by atoms with Crippen LogP contribution in [0.5, 0.6) is 5.75 Å². The average molecular weight is 185 g/mol. The summed E-state index contributed by atoms with van der Waals surface area (Å²) in [4.78, 5) is 4.00. The van der Waals surface area contributed by atoms with Crippen LogP contribution in [0.4, 0.5) is 5.69 Å². The van der Waals surface area contributed by atoms with Gasteiger partial charge in [0.1, 0.15) is 5.75 Å². The van der Waals surface area contributed by atoms with Crippen LogP contribution in [0.2, 0.25) is 5.15 Å². The predicted molar refractivity (Wildman–Crippen MR) is 48.0 cm³/mol. The van der Waals surface area contributed by atoms with Crippen molar-refractivity contribution in [3.63, 3.8) is 0 Å². The summed E-state index contributed by atoms with van der Waals surface area (Å²) >= 11 is 5.87. The number of halogens is 1. The first kappa shape index (κ1) is 7.68. The summed E-state index contributed by atoms with van der Waals surface area (Å²) in [6, 6.07) is 0. The van der Waals surface area contributed by atoms with E-state index in [9.17, 15) is 0 Å². The molecular weight excluding hydrogens is 176 g/mol. The molecule has 0 saturated heterocycles. The van der Waals surface area contributed by atoms with Gasteiger partial charge in [-0.3, -0.25) is 0 Å². The number of pyridine rings is 1. The summed E-state index contributed by atoms with van der Waals surface area (Å²) < 4.78 is 5.15. The average Bonchev–Trinajstić information content (AvgIpc) is 2.54. The zero-order chi connectivity index (χ0) is 8.55. The summed E-state index contributed by atoms with van der Waals surface area (Å²) in [5.74, 6) is 0.819. The first-order valence-electron chi connectivity index (χ1n) is 3.78. The fourth-order valence-corrected chi connectivity index (χ4v) is 1.65. The maximum Gasteiger partial charge on any atom is 0.152 e. The molecule has 1 aromatic rings. The highest BCUT2D eigenvalue weighted by atomic mass is 35.5.